The Hall–Kier alpha value is -3.60. The third-order valence-corrected chi connectivity index (χ3v) is 4.78. The maximum atomic E-state index is 12.7. The van der Waals surface area contributed by atoms with Crippen LogP contribution < -0.4 is 28.3 Å². The number of nitrogens with one attached hydrogen (secondary N) is 2. The number of nitrogens with zero attached hydrogens (tertiary/aromatic N) is 3. The molecule has 0 saturated carbocycles. The van der Waals surface area contributed by atoms with Crippen molar-refractivity contribution in [2.45, 2.75) is 32.2 Å². The average molecular weight is 448 g/mol. The van der Waals surface area contributed by atoms with Gasteiger partial charge in [-0.05, 0) is 43.9 Å². The lowest BCUT2D eigenvalue weighted by Crippen LogP contribution is -2.42. The molecule has 2 aromatic rings. The lowest BCUT2D eigenvalue weighted by Gasteiger charge is -2.20. The Morgan fingerprint density at radius 1 is 1.13 bits per heavy atom. The first-order valence-corrected chi connectivity index (χ1v) is 9.87. The molecule has 0 saturated heterocycles. The number of aromatic nitrogens is 2. The Morgan fingerprint density at radius 2 is 1.77 bits per heavy atom. The molecule has 1 aromatic heterocycles. The van der Waals surface area contributed by atoms with E-state index in [-0.39, 0.29) is 29.0 Å². The standard InChI is InChI=1S/C19H26ClN9O2/c1-10(17(23)30)26-12-7-5-11(6-8-12)4-2-3-9-29(19(24)25)18(31)13-15(21)28-16(22)14(20)27-13/h5-8,10,26H,2-4,9H2,1H3,(H2,23,30)(H3,24,25)(H4,21,22,28). The number of hydrogen-bond acceptors (Lipinski definition) is 8. The molecule has 1 heterocycles. The molecule has 10 N–H and O–H groups in total. The number of nitrogen functional groups attached to an aromatic ring is 2. The van der Waals surface area contributed by atoms with Crippen molar-refractivity contribution in [3.8, 4) is 0 Å². The highest BCUT2D eigenvalue weighted by molar-refractivity contribution is 6.31. The van der Waals surface area contributed by atoms with Gasteiger partial charge in [0.15, 0.2) is 28.4 Å². The van der Waals surface area contributed by atoms with Crippen LogP contribution in [-0.2, 0) is 11.2 Å². The van der Waals surface area contributed by atoms with Crippen molar-refractivity contribution in [3.63, 3.8) is 0 Å². The molecule has 1 atom stereocenters. The molecule has 2 rings (SSSR count). The van der Waals surface area contributed by atoms with Gasteiger partial charge in [-0.15, -0.1) is 0 Å². The van der Waals surface area contributed by atoms with E-state index in [1.165, 1.54) is 0 Å². The minimum atomic E-state index is -0.668. The molecule has 0 aliphatic heterocycles. The van der Waals surface area contributed by atoms with Gasteiger partial charge in [0.1, 0.15) is 6.04 Å². The van der Waals surface area contributed by atoms with Gasteiger partial charge in [0.05, 0.1) is 0 Å². The normalized spacial score (nSPS) is 11.5. The number of carbonyl (C=O) groups is 2. The first-order chi connectivity index (χ1) is 14.6. The Balaban J connectivity index is 1.92. The minimum absolute atomic E-state index is 0.0876. The fourth-order valence-corrected chi connectivity index (χ4v) is 2.87. The highest BCUT2D eigenvalue weighted by Gasteiger charge is 2.23. The predicted octanol–water partition coefficient (Wildman–Crippen LogP) is 0.939. The highest BCUT2D eigenvalue weighted by atomic mass is 35.5. The number of guanidine groups is 1. The summed E-state index contributed by atoms with van der Waals surface area (Å²) in [7, 11) is 0. The van der Waals surface area contributed by atoms with Gasteiger partial charge in [-0.1, -0.05) is 23.7 Å². The summed E-state index contributed by atoms with van der Waals surface area (Å²) in [5.74, 6) is -1.80. The van der Waals surface area contributed by atoms with E-state index < -0.39 is 23.8 Å². The Morgan fingerprint density at radius 3 is 2.35 bits per heavy atom. The van der Waals surface area contributed by atoms with Crippen LogP contribution in [0.3, 0.4) is 0 Å². The summed E-state index contributed by atoms with van der Waals surface area (Å²) in [4.78, 5) is 32.5. The maximum Gasteiger partial charge on any atom is 0.283 e. The van der Waals surface area contributed by atoms with Crippen LogP contribution in [0.25, 0.3) is 0 Å². The van der Waals surface area contributed by atoms with Gasteiger partial charge in [0, 0.05) is 12.2 Å². The largest absolute Gasteiger partial charge is 0.382 e. The molecule has 0 bridgehead atoms. The van der Waals surface area contributed by atoms with Crippen molar-refractivity contribution >= 4 is 46.7 Å². The lowest BCUT2D eigenvalue weighted by molar-refractivity contribution is -0.118. The van der Waals surface area contributed by atoms with E-state index in [4.69, 9.17) is 39.9 Å². The molecule has 31 heavy (non-hydrogen) atoms. The van der Waals surface area contributed by atoms with Crippen molar-refractivity contribution in [2.24, 2.45) is 11.5 Å². The van der Waals surface area contributed by atoms with Gasteiger partial charge >= 0.3 is 0 Å². The van der Waals surface area contributed by atoms with Crippen LogP contribution in [0.5, 0.6) is 0 Å². The van der Waals surface area contributed by atoms with E-state index in [2.05, 4.69) is 15.3 Å². The molecular formula is C19H26ClN9O2. The Kier molecular flexibility index (Phi) is 7.97. The SMILES string of the molecule is CC(Nc1ccc(CCCCN(C(=N)N)C(=O)c2nc(Cl)c(N)nc2N)cc1)C(N)=O. The summed E-state index contributed by atoms with van der Waals surface area (Å²) in [6.07, 6.45) is 2.08. The summed E-state index contributed by atoms with van der Waals surface area (Å²) in [5, 5.41) is 10.6. The lowest BCUT2D eigenvalue weighted by atomic mass is 10.1. The molecule has 0 spiro atoms. The zero-order valence-electron chi connectivity index (χ0n) is 17.1. The van der Waals surface area contributed by atoms with E-state index in [0.717, 1.165) is 29.0 Å². The number of benzene rings is 1. The van der Waals surface area contributed by atoms with Gasteiger partial charge in [-0.2, -0.15) is 0 Å². The molecule has 0 aliphatic rings. The van der Waals surface area contributed by atoms with Crippen molar-refractivity contribution in [1.82, 2.24) is 14.9 Å². The number of aryl methyl sites for hydroxylation is 1. The van der Waals surface area contributed by atoms with Crippen molar-refractivity contribution in [3.05, 3.63) is 40.7 Å². The van der Waals surface area contributed by atoms with Crippen LogP contribution in [0.4, 0.5) is 17.3 Å². The molecule has 166 valence electrons. The van der Waals surface area contributed by atoms with E-state index in [1.54, 1.807) is 6.92 Å². The average Bonchev–Trinajstić information content (AvgIpc) is 2.71. The fourth-order valence-electron chi connectivity index (χ4n) is 2.75. The number of amides is 2. The van der Waals surface area contributed by atoms with E-state index in [9.17, 15) is 9.59 Å². The van der Waals surface area contributed by atoms with Crippen LogP contribution >= 0.6 is 11.6 Å². The minimum Gasteiger partial charge on any atom is -0.382 e. The Labute approximate surface area is 184 Å². The third kappa shape index (κ3) is 6.44. The second-order valence-electron chi connectivity index (χ2n) is 6.90. The number of hydrogen-bond donors (Lipinski definition) is 6. The zero-order valence-corrected chi connectivity index (χ0v) is 17.8. The number of halogens is 1. The fraction of sp³-hybridized carbons (Fsp3) is 0.316. The predicted molar refractivity (Wildman–Crippen MR) is 120 cm³/mol. The maximum absolute atomic E-state index is 12.7. The number of primary amides is 1. The van der Waals surface area contributed by atoms with Crippen LogP contribution in [0.2, 0.25) is 5.15 Å². The number of unbranched alkanes of at least 4 members (excludes halogenated alkanes) is 1. The molecule has 0 aliphatic carbocycles. The monoisotopic (exact) mass is 447 g/mol. The van der Waals surface area contributed by atoms with Crippen molar-refractivity contribution in [1.29, 1.82) is 5.41 Å². The van der Waals surface area contributed by atoms with Gasteiger partial charge < -0.3 is 28.3 Å². The van der Waals surface area contributed by atoms with Gasteiger partial charge in [-0.25, -0.2) is 9.97 Å². The second kappa shape index (κ2) is 10.4. The van der Waals surface area contributed by atoms with Crippen LogP contribution in [-0.4, -0.2) is 45.2 Å². The summed E-state index contributed by atoms with van der Waals surface area (Å²) in [6, 6.07) is 7.15. The van der Waals surface area contributed by atoms with E-state index in [0.29, 0.717) is 6.42 Å². The van der Waals surface area contributed by atoms with Gasteiger partial charge in [0.2, 0.25) is 5.91 Å². The molecule has 1 unspecified atom stereocenters. The highest BCUT2D eigenvalue weighted by Crippen LogP contribution is 2.19. The molecule has 12 heteroatoms. The number of nitrogens with two attached hydrogens (primary N) is 4. The topological polar surface area (TPSA) is 203 Å². The summed E-state index contributed by atoms with van der Waals surface area (Å²) < 4.78 is 0. The summed E-state index contributed by atoms with van der Waals surface area (Å²) in [5.41, 5.74) is 23.7. The molecule has 11 nitrogen and oxygen atoms in total. The molecule has 0 fully saturated rings. The molecule has 0 radical (unpaired) electrons. The van der Waals surface area contributed by atoms with Crippen LogP contribution in [0.15, 0.2) is 24.3 Å². The quantitative estimate of drug-likeness (QED) is 0.185. The third-order valence-electron chi connectivity index (χ3n) is 4.50. The number of anilines is 3. The molecular weight excluding hydrogens is 422 g/mol. The van der Waals surface area contributed by atoms with E-state index >= 15 is 0 Å². The number of rotatable bonds is 9. The number of carbonyl (C=O) groups excluding carboxylic acids is 2. The molecule has 1 aromatic carbocycles. The van der Waals surface area contributed by atoms with Gasteiger partial charge in [-0.3, -0.25) is 19.9 Å². The van der Waals surface area contributed by atoms with E-state index in [1.807, 2.05) is 24.3 Å². The Bertz CT molecular complexity index is 966. The second-order valence-corrected chi connectivity index (χ2v) is 7.26. The van der Waals surface area contributed by atoms with Crippen molar-refractivity contribution in [2.75, 3.05) is 23.3 Å². The first-order valence-electron chi connectivity index (χ1n) is 9.49. The summed E-state index contributed by atoms with van der Waals surface area (Å²) in [6.45, 7) is 1.89. The van der Waals surface area contributed by atoms with Crippen LogP contribution in [0, 0.1) is 5.41 Å². The first kappa shape index (κ1) is 23.7. The molecule has 2 amide bonds. The van der Waals surface area contributed by atoms with Gasteiger partial charge in [0.25, 0.3) is 5.91 Å². The smallest absolute Gasteiger partial charge is 0.283 e. The van der Waals surface area contributed by atoms with Crippen molar-refractivity contribution < 1.29 is 9.59 Å². The van der Waals surface area contributed by atoms with Crippen LogP contribution in [0.1, 0.15) is 35.8 Å². The summed E-state index contributed by atoms with van der Waals surface area (Å²) >= 11 is 5.83. The zero-order chi connectivity index (χ0) is 23.1.